The molecule has 0 saturated heterocycles. The van der Waals surface area contributed by atoms with E-state index in [-0.39, 0.29) is 24.7 Å². The first-order chi connectivity index (χ1) is 13.0. The van der Waals surface area contributed by atoms with Gasteiger partial charge >= 0.3 is 0 Å². The Kier molecular flexibility index (Phi) is 3.71. The van der Waals surface area contributed by atoms with Gasteiger partial charge in [-0.2, -0.15) is 0 Å². The summed E-state index contributed by atoms with van der Waals surface area (Å²) in [6.45, 7) is 0.397. The number of halogens is 2. The standard InChI is InChI=1S/C21H21F2N3O/c22-21(23)15-7-8-16(21)11-14(10-15)20(27)26-12-13-4-3-9-24-19(13)25-17-5-1-2-6-18(17)26/h1-6,9,14-16H,7-8,10-12H2,(H,24,25). The summed E-state index contributed by atoms with van der Waals surface area (Å²) in [7, 11) is 0. The van der Waals surface area contributed by atoms with Crippen molar-refractivity contribution in [3.8, 4) is 0 Å². The molecule has 140 valence electrons. The fourth-order valence-corrected chi connectivity index (χ4v) is 4.95. The number of rotatable bonds is 1. The Morgan fingerprint density at radius 1 is 1.11 bits per heavy atom. The molecule has 3 aliphatic rings. The number of nitrogens with one attached hydrogen (secondary N) is 1. The second kappa shape index (κ2) is 6.01. The Balaban J connectivity index is 1.50. The molecule has 2 bridgehead atoms. The molecule has 2 fully saturated rings. The van der Waals surface area contributed by atoms with Gasteiger partial charge in [0.2, 0.25) is 5.91 Å². The number of anilines is 3. The van der Waals surface area contributed by atoms with E-state index >= 15 is 0 Å². The molecule has 2 unspecified atom stereocenters. The summed E-state index contributed by atoms with van der Waals surface area (Å²) in [6.07, 6.45) is 3.36. The number of carbonyl (C=O) groups excluding carboxylic acids is 1. The zero-order chi connectivity index (χ0) is 18.6. The number of fused-ring (bicyclic) bond motifs is 4. The van der Waals surface area contributed by atoms with Gasteiger partial charge in [-0.3, -0.25) is 4.79 Å². The summed E-state index contributed by atoms with van der Waals surface area (Å²) in [5.74, 6) is -3.57. The van der Waals surface area contributed by atoms with Crippen LogP contribution in [0.2, 0.25) is 0 Å². The molecule has 0 spiro atoms. The highest BCUT2D eigenvalue weighted by Gasteiger charge is 2.57. The van der Waals surface area contributed by atoms with E-state index < -0.39 is 17.8 Å². The lowest BCUT2D eigenvalue weighted by Gasteiger charge is -2.36. The zero-order valence-corrected chi connectivity index (χ0v) is 14.9. The Morgan fingerprint density at radius 3 is 2.63 bits per heavy atom. The van der Waals surface area contributed by atoms with Crippen molar-refractivity contribution in [3.63, 3.8) is 0 Å². The second-order valence-corrected chi connectivity index (χ2v) is 7.89. The van der Waals surface area contributed by atoms with Crippen LogP contribution in [0, 0.1) is 17.8 Å². The number of pyridine rings is 1. The van der Waals surface area contributed by atoms with E-state index in [1.807, 2.05) is 36.4 Å². The molecule has 0 radical (unpaired) electrons. The van der Waals surface area contributed by atoms with E-state index in [0.717, 1.165) is 22.8 Å². The molecule has 1 amide bonds. The molecule has 2 saturated carbocycles. The molecule has 6 heteroatoms. The first kappa shape index (κ1) is 16.7. The van der Waals surface area contributed by atoms with Crippen LogP contribution in [-0.4, -0.2) is 16.8 Å². The van der Waals surface area contributed by atoms with Crippen molar-refractivity contribution in [1.82, 2.24) is 4.98 Å². The van der Waals surface area contributed by atoms with Crippen LogP contribution in [0.5, 0.6) is 0 Å². The smallest absolute Gasteiger partial charge is 0.253 e. The predicted molar refractivity (Wildman–Crippen MR) is 99.0 cm³/mol. The Hall–Kier alpha value is -2.50. The van der Waals surface area contributed by atoms with Crippen molar-refractivity contribution in [1.29, 1.82) is 0 Å². The molecule has 1 aliphatic heterocycles. The average molecular weight is 369 g/mol. The maximum absolute atomic E-state index is 14.3. The van der Waals surface area contributed by atoms with Crippen LogP contribution in [0.3, 0.4) is 0 Å². The van der Waals surface area contributed by atoms with Crippen molar-refractivity contribution in [2.24, 2.45) is 17.8 Å². The van der Waals surface area contributed by atoms with E-state index in [4.69, 9.17) is 0 Å². The number of nitrogens with zero attached hydrogens (tertiary/aromatic N) is 2. The molecule has 2 atom stereocenters. The Morgan fingerprint density at radius 2 is 1.85 bits per heavy atom. The highest BCUT2D eigenvalue weighted by molar-refractivity contribution is 5.99. The number of hydrogen-bond donors (Lipinski definition) is 1. The van der Waals surface area contributed by atoms with Crippen LogP contribution in [0.4, 0.5) is 26.0 Å². The normalized spacial score (nSPS) is 27.9. The lowest BCUT2D eigenvalue weighted by atomic mass is 9.77. The first-order valence-electron chi connectivity index (χ1n) is 9.53. The van der Waals surface area contributed by atoms with Gasteiger partial charge in [0.05, 0.1) is 17.9 Å². The SMILES string of the molecule is O=C(C1CC2CCC(C1)C2(F)F)N1Cc2cccnc2Nc2ccccc21. The molecular weight excluding hydrogens is 348 g/mol. The van der Waals surface area contributed by atoms with E-state index in [2.05, 4.69) is 10.3 Å². The molecule has 2 aliphatic carbocycles. The maximum Gasteiger partial charge on any atom is 0.253 e. The fourth-order valence-electron chi connectivity index (χ4n) is 4.95. The number of para-hydroxylation sites is 2. The first-order valence-corrected chi connectivity index (χ1v) is 9.53. The largest absolute Gasteiger partial charge is 0.338 e. The topological polar surface area (TPSA) is 45.2 Å². The fraction of sp³-hybridized carbons (Fsp3) is 0.429. The zero-order valence-electron chi connectivity index (χ0n) is 14.9. The summed E-state index contributed by atoms with van der Waals surface area (Å²) in [6, 6.07) is 11.4. The minimum Gasteiger partial charge on any atom is -0.338 e. The van der Waals surface area contributed by atoms with E-state index in [0.29, 0.717) is 19.4 Å². The summed E-state index contributed by atoms with van der Waals surface area (Å²) < 4.78 is 28.6. The van der Waals surface area contributed by atoms with Gasteiger partial charge < -0.3 is 10.2 Å². The lowest BCUT2D eigenvalue weighted by Crippen LogP contribution is -2.44. The minimum atomic E-state index is -2.61. The van der Waals surface area contributed by atoms with Crippen molar-refractivity contribution >= 4 is 23.1 Å². The summed E-state index contributed by atoms with van der Waals surface area (Å²) in [4.78, 5) is 19.6. The molecule has 2 aromatic rings. The van der Waals surface area contributed by atoms with Gasteiger partial charge in [-0.1, -0.05) is 18.2 Å². The monoisotopic (exact) mass is 369 g/mol. The number of hydrogen-bond acceptors (Lipinski definition) is 3. The summed E-state index contributed by atoms with van der Waals surface area (Å²) in [5, 5.41) is 3.31. The highest BCUT2D eigenvalue weighted by atomic mass is 19.3. The van der Waals surface area contributed by atoms with Crippen molar-refractivity contribution in [3.05, 3.63) is 48.2 Å². The summed E-state index contributed by atoms with van der Waals surface area (Å²) in [5.41, 5.74) is 2.52. The number of benzene rings is 1. The quantitative estimate of drug-likeness (QED) is 0.789. The van der Waals surface area contributed by atoms with Gasteiger partial charge in [0.1, 0.15) is 5.82 Å². The van der Waals surface area contributed by atoms with Crippen LogP contribution >= 0.6 is 0 Å². The van der Waals surface area contributed by atoms with Gasteiger partial charge in [0, 0.05) is 29.5 Å². The molecule has 27 heavy (non-hydrogen) atoms. The molecule has 4 nitrogen and oxygen atoms in total. The van der Waals surface area contributed by atoms with Crippen LogP contribution < -0.4 is 10.2 Å². The van der Waals surface area contributed by atoms with Crippen molar-refractivity contribution < 1.29 is 13.6 Å². The van der Waals surface area contributed by atoms with Gasteiger partial charge in [0.15, 0.2) is 0 Å². The van der Waals surface area contributed by atoms with Gasteiger partial charge in [0.25, 0.3) is 5.92 Å². The predicted octanol–water partition coefficient (Wildman–Crippen LogP) is 4.74. The molecule has 2 heterocycles. The van der Waals surface area contributed by atoms with E-state index in [1.54, 1.807) is 11.1 Å². The molecule has 1 aromatic carbocycles. The third-order valence-corrected chi connectivity index (χ3v) is 6.37. The third-order valence-electron chi connectivity index (χ3n) is 6.37. The van der Waals surface area contributed by atoms with Crippen LogP contribution in [0.15, 0.2) is 42.6 Å². The van der Waals surface area contributed by atoms with Crippen LogP contribution in [0.1, 0.15) is 31.2 Å². The van der Waals surface area contributed by atoms with Crippen LogP contribution in [0.25, 0.3) is 0 Å². The van der Waals surface area contributed by atoms with Gasteiger partial charge in [-0.15, -0.1) is 0 Å². The summed E-state index contributed by atoms with van der Waals surface area (Å²) >= 11 is 0. The Bertz CT molecular complexity index is 885. The Labute approximate surface area is 156 Å². The van der Waals surface area contributed by atoms with E-state index in [9.17, 15) is 13.6 Å². The lowest BCUT2D eigenvalue weighted by molar-refractivity contribution is -0.136. The number of alkyl halides is 2. The molecular formula is C21H21F2N3O. The average Bonchev–Trinajstić information content (AvgIpc) is 2.88. The van der Waals surface area contributed by atoms with Gasteiger partial charge in [-0.05, 0) is 43.9 Å². The van der Waals surface area contributed by atoms with Crippen molar-refractivity contribution in [2.75, 3.05) is 10.2 Å². The number of carbonyl (C=O) groups is 1. The molecule has 5 rings (SSSR count). The van der Waals surface area contributed by atoms with Crippen LogP contribution in [-0.2, 0) is 11.3 Å². The molecule has 1 aromatic heterocycles. The number of aromatic nitrogens is 1. The van der Waals surface area contributed by atoms with E-state index in [1.165, 1.54) is 0 Å². The molecule has 1 N–H and O–H groups in total. The minimum absolute atomic E-state index is 0.0478. The second-order valence-electron chi connectivity index (χ2n) is 7.89. The maximum atomic E-state index is 14.3. The van der Waals surface area contributed by atoms with Crippen molar-refractivity contribution in [2.45, 2.75) is 38.2 Å². The van der Waals surface area contributed by atoms with Gasteiger partial charge in [-0.25, -0.2) is 13.8 Å². The number of amides is 1. The third kappa shape index (κ3) is 2.61. The highest BCUT2D eigenvalue weighted by Crippen LogP contribution is 2.55.